The number of aryl methyl sites for hydroxylation is 1. The number of imide groups is 1. The number of rotatable bonds is 5. The number of halogens is 1. The van der Waals surface area contributed by atoms with Crippen molar-refractivity contribution in [1.82, 2.24) is 4.90 Å². The third-order valence-corrected chi connectivity index (χ3v) is 6.03. The third kappa shape index (κ3) is 4.93. The number of carbonyl (C=O) groups excluding carboxylic acids is 3. The van der Waals surface area contributed by atoms with Gasteiger partial charge in [0.15, 0.2) is 0 Å². The SMILES string of the molecule is Cc1ccccc1CN1C(=O)S/C(=C\c2cccc(OC(=O)c3cccc(Cl)c3)c2)C1=O. The van der Waals surface area contributed by atoms with Crippen LogP contribution < -0.4 is 4.74 Å². The fourth-order valence-corrected chi connectivity index (χ4v) is 4.22. The highest BCUT2D eigenvalue weighted by Crippen LogP contribution is 2.34. The summed E-state index contributed by atoms with van der Waals surface area (Å²) in [6.07, 6.45) is 1.62. The molecule has 5 nitrogen and oxygen atoms in total. The molecule has 1 fully saturated rings. The summed E-state index contributed by atoms with van der Waals surface area (Å²) >= 11 is 6.82. The number of ether oxygens (including phenoxy) is 1. The van der Waals surface area contributed by atoms with Crippen LogP contribution in [0.25, 0.3) is 6.08 Å². The summed E-state index contributed by atoms with van der Waals surface area (Å²) in [6, 6.07) is 20.9. The lowest BCUT2D eigenvalue weighted by atomic mass is 10.1. The molecule has 4 rings (SSSR count). The van der Waals surface area contributed by atoms with Gasteiger partial charge in [-0.05, 0) is 71.8 Å². The first-order chi connectivity index (χ1) is 15.4. The van der Waals surface area contributed by atoms with Crippen LogP contribution in [0.2, 0.25) is 5.02 Å². The van der Waals surface area contributed by atoms with Crippen molar-refractivity contribution in [2.45, 2.75) is 13.5 Å². The van der Waals surface area contributed by atoms with E-state index in [4.69, 9.17) is 16.3 Å². The zero-order valence-corrected chi connectivity index (χ0v) is 18.7. The maximum absolute atomic E-state index is 12.8. The van der Waals surface area contributed by atoms with Crippen LogP contribution in [0.5, 0.6) is 5.75 Å². The average Bonchev–Trinajstić information content (AvgIpc) is 3.03. The van der Waals surface area contributed by atoms with E-state index in [1.807, 2.05) is 31.2 Å². The van der Waals surface area contributed by atoms with Crippen molar-refractivity contribution in [3.05, 3.63) is 105 Å². The molecular weight excluding hydrogens is 446 g/mol. The molecule has 1 heterocycles. The molecule has 0 unspecified atom stereocenters. The Labute approximate surface area is 194 Å². The van der Waals surface area contributed by atoms with Gasteiger partial charge in [0.2, 0.25) is 0 Å². The van der Waals surface area contributed by atoms with Crippen LogP contribution in [-0.4, -0.2) is 22.0 Å². The fourth-order valence-electron chi connectivity index (χ4n) is 3.19. The zero-order chi connectivity index (χ0) is 22.7. The highest BCUT2D eigenvalue weighted by Gasteiger charge is 2.35. The van der Waals surface area contributed by atoms with Gasteiger partial charge in [-0.2, -0.15) is 0 Å². The number of esters is 1. The Morgan fingerprint density at radius 2 is 1.81 bits per heavy atom. The molecule has 7 heteroatoms. The summed E-state index contributed by atoms with van der Waals surface area (Å²) in [7, 11) is 0. The van der Waals surface area contributed by atoms with Crippen LogP contribution in [0.15, 0.2) is 77.7 Å². The van der Waals surface area contributed by atoms with Crippen LogP contribution >= 0.6 is 23.4 Å². The van der Waals surface area contributed by atoms with E-state index in [0.29, 0.717) is 26.8 Å². The lowest BCUT2D eigenvalue weighted by molar-refractivity contribution is -0.123. The third-order valence-electron chi connectivity index (χ3n) is 4.89. The first-order valence-corrected chi connectivity index (χ1v) is 11.0. The summed E-state index contributed by atoms with van der Waals surface area (Å²) in [4.78, 5) is 39.2. The summed E-state index contributed by atoms with van der Waals surface area (Å²) in [5, 5.41) is 0.127. The number of hydrogen-bond donors (Lipinski definition) is 0. The Balaban J connectivity index is 1.50. The Hall–Kier alpha value is -3.35. The van der Waals surface area contributed by atoms with Crippen LogP contribution in [0, 0.1) is 6.92 Å². The second-order valence-corrected chi connectivity index (χ2v) is 8.60. The van der Waals surface area contributed by atoms with Crippen molar-refractivity contribution in [3.63, 3.8) is 0 Å². The van der Waals surface area contributed by atoms with E-state index in [1.54, 1.807) is 48.5 Å². The molecule has 3 aromatic rings. The standard InChI is InChI=1S/C25H18ClNO4S/c1-16-6-2-3-8-19(16)15-27-23(28)22(32-25(27)30)13-17-7-4-11-21(12-17)31-24(29)18-9-5-10-20(26)14-18/h2-14H,15H2,1H3/b22-13-. The molecule has 0 aromatic heterocycles. The molecule has 160 valence electrons. The Morgan fingerprint density at radius 3 is 2.59 bits per heavy atom. The van der Waals surface area contributed by atoms with Gasteiger partial charge in [-0.1, -0.05) is 54.1 Å². The van der Waals surface area contributed by atoms with Crippen LogP contribution in [0.1, 0.15) is 27.0 Å². The minimum absolute atomic E-state index is 0.228. The Morgan fingerprint density at radius 1 is 1.03 bits per heavy atom. The maximum atomic E-state index is 12.8. The molecule has 0 bridgehead atoms. The zero-order valence-electron chi connectivity index (χ0n) is 17.1. The number of amides is 2. The summed E-state index contributed by atoms with van der Waals surface area (Å²) in [6.45, 7) is 2.17. The molecule has 0 aliphatic carbocycles. The van der Waals surface area contributed by atoms with Crippen molar-refractivity contribution < 1.29 is 19.1 Å². The second kappa shape index (κ2) is 9.42. The van der Waals surface area contributed by atoms with Crippen LogP contribution in [-0.2, 0) is 11.3 Å². The minimum Gasteiger partial charge on any atom is -0.423 e. The van der Waals surface area contributed by atoms with E-state index >= 15 is 0 Å². The topological polar surface area (TPSA) is 63.7 Å². The molecule has 3 aromatic carbocycles. The quantitative estimate of drug-likeness (QED) is 0.260. The van der Waals surface area contributed by atoms with Gasteiger partial charge in [0, 0.05) is 5.02 Å². The molecule has 0 atom stereocenters. The van der Waals surface area contributed by atoms with E-state index < -0.39 is 5.97 Å². The fraction of sp³-hybridized carbons (Fsp3) is 0.0800. The van der Waals surface area contributed by atoms with Gasteiger partial charge in [-0.15, -0.1) is 0 Å². The normalized spacial score (nSPS) is 14.8. The van der Waals surface area contributed by atoms with Crippen LogP contribution in [0.3, 0.4) is 0 Å². The lowest BCUT2D eigenvalue weighted by Crippen LogP contribution is -2.27. The highest BCUT2D eigenvalue weighted by molar-refractivity contribution is 8.18. The van der Waals surface area contributed by atoms with Gasteiger partial charge in [-0.3, -0.25) is 14.5 Å². The Bertz CT molecular complexity index is 1250. The van der Waals surface area contributed by atoms with Gasteiger partial charge < -0.3 is 4.74 Å². The number of nitrogens with zero attached hydrogens (tertiary/aromatic N) is 1. The summed E-state index contributed by atoms with van der Waals surface area (Å²) in [5.41, 5.74) is 2.92. The number of benzene rings is 3. The van der Waals surface area contributed by atoms with E-state index in [1.165, 1.54) is 11.0 Å². The van der Waals surface area contributed by atoms with E-state index in [9.17, 15) is 14.4 Å². The molecule has 1 aliphatic heterocycles. The van der Waals surface area contributed by atoms with Crippen molar-refractivity contribution in [3.8, 4) is 5.75 Å². The van der Waals surface area contributed by atoms with Crippen LogP contribution in [0.4, 0.5) is 4.79 Å². The van der Waals surface area contributed by atoms with Gasteiger partial charge >= 0.3 is 5.97 Å². The minimum atomic E-state index is -0.539. The second-order valence-electron chi connectivity index (χ2n) is 7.17. The predicted octanol–water partition coefficient (Wildman–Crippen LogP) is 6.10. The number of carbonyl (C=O) groups is 3. The van der Waals surface area contributed by atoms with Crippen molar-refractivity contribution in [1.29, 1.82) is 0 Å². The molecule has 2 amide bonds. The summed E-state index contributed by atoms with van der Waals surface area (Å²) < 4.78 is 5.43. The van der Waals surface area contributed by atoms with E-state index in [0.717, 1.165) is 22.9 Å². The molecule has 1 saturated heterocycles. The van der Waals surface area contributed by atoms with Crippen molar-refractivity contribution in [2.75, 3.05) is 0 Å². The number of hydrogen-bond acceptors (Lipinski definition) is 5. The summed E-state index contributed by atoms with van der Waals surface area (Å²) in [5.74, 6) is -0.560. The van der Waals surface area contributed by atoms with E-state index in [-0.39, 0.29) is 17.7 Å². The van der Waals surface area contributed by atoms with Gasteiger partial charge in [-0.25, -0.2) is 4.79 Å². The molecule has 0 spiro atoms. The molecule has 32 heavy (non-hydrogen) atoms. The van der Waals surface area contributed by atoms with Gasteiger partial charge in [0.05, 0.1) is 17.0 Å². The van der Waals surface area contributed by atoms with Crippen molar-refractivity contribution >= 4 is 46.6 Å². The first-order valence-electron chi connectivity index (χ1n) is 9.78. The van der Waals surface area contributed by atoms with Crippen molar-refractivity contribution in [2.24, 2.45) is 0 Å². The molecule has 0 N–H and O–H groups in total. The van der Waals surface area contributed by atoms with Gasteiger partial charge in [0.25, 0.3) is 11.1 Å². The molecule has 0 radical (unpaired) electrons. The monoisotopic (exact) mass is 463 g/mol. The lowest BCUT2D eigenvalue weighted by Gasteiger charge is -2.14. The molecular formula is C25H18ClNO4S. The predicted molar refractivity (Wildman–Crippen MR) is 126 cm³/mol. The highest BCUT2D eigenvalue weighted by atomic mass is 35.5. The average molecular weight is 464 g/mol. The van der Waals surface area contributed by atoms with Gasteiger partial charge in [0.1, 0.15) is 5.75 Å². The largest absolute Gasteiger partial charge is 0.423 e. The maximum Gasteiger partial charge on any atom is 0.343 e. The molecule has 0 saturated carbocycles. The van der Waals surface area contributed by atoms with E-state index in [2.05, 4.69) is 0 Å². The number of thioether (sulfide) groups is 1. The smallest absolute Gasteiger partial charge is 0.343 e. The molecule has 1 aliphatic rings. The Kier molecular flexibility index (Phi) is 6.44. The first kappa shape index (κ1) is 21.9.